The van der Waals surface area contributed by atoms with Crippen LogP contribution in [-0.4, -0.2) is 67.0 Å². The maximum atomic E-state index is 12.2. The second-order valence-electron chi connectivity index (χ2n) is 13.0. The molecule has 1 aliphatic heterocycles. The molecule has 1 fully saturated rings. The molecular formula is C34H49N3O3Si. The van der Waals surface area contributed by atoms with Gasteiger partial charge in [0.1, 0.15) is 12.3 Å². The van der Waals surface area contributed by atoms with E-state index in [1.54, 1.807) is 0 Å². The first kappa shape index (κ1) is 31.1. The summed E-state index contributed by atoms with van der Waals surface area (Å²) in [5.41, 5.74) is 3.52. The summed E-state index contributed by atoms with van der Waals surface area (Å²) in [5.74, 6) is 0.734. The fourth-order valence-electron chi connectivity index (χ4n) is 5.65. The van der Waals surface area contributed by atoms with Crippen LogP contribution in [-0.2, 0) is 16.1 Å². The van der Waals surface area contributed by atoms with Gasteiger partial charge in [-0.15, -0.1) is 6.58 Å². The SMILES string of the molecule is C=CCN1C[C@H](C)N([C@@H](c2cccc(O[Si](C)(C)C(C)(C)C)c2)c2ccc3c(ccn3CC(=O)OCC)c2)C[C@H]1C. The van der Waals surface area contributed by atoms with Crippen molar-refractivity contribution >= 4 is 25.2 Å². The quantitative estimate of drug-likeness (QED) is 0.145. The number of aromatic nitrogens is 1. The van der Waals surface area contributed by atoms with Crippen LogP contribution < -0.4 is 4.43 Å². The highest BCUT2D eigenvalue weighted by Crippen LogP contribution is 2.40. The zero-order valence-electron chi connectivity index (χ0n) is 26.3. The van der Waals surface area contributed by atoms with E-state index >= 15 is 0 Å². The molecule has 2 heterocycles. The van der Waals surface area contributed by atoms with Crippen LogP contribution >= 0.6 is 0 Å². The van der Waals surface area contributed by atoms with E-state index in [-0.39, 0.29) is 23.6 Å². The first-order valence-corrected chi connectivity index (χ1v) is 17.9. The number of benzene rings is 2. The van der Waals surface area contributed by atoms with Gasteiger partial charge in [-0.25, -0.2) is 0 Å². The van der Waals surface area contributed by atoms with Crippen LogP contribution in [0.15, 0.2) is 67.4 Å². The molecule has 0 saturated carbocycles. The summed E-state index contributed by atoms with van der Waals surface area (Å²) >= 11 is 0. The van der Waals surface area contributed by atoms with Crippen molar-refractivity contribution in [3.8, 4) is 5.75 Å². The molecule has 1 saturated heterocycles. The maximum absolute atomic E-state index is 12.2. The van der Waals surface area contributed by atoms with Crippen LogP contribution in [0.3, 0.4) is 0 Å². The number of carbonyl (C=O) groups is 1. The topological polar surface area (TPSA) is 46.9 Å². The van der Waals surface area contributed by atoms with Gasteiger partial charge in [0.2, 0.25) is 8.32 Å². The number of rotatable bonds is 10. The maximum Gasteiger partial charge on any atom is 0.325 e. The average Bonchev–Trinajstić information content (AvgIpc) is 3.28. The lowest BCUT2D eigenvalue weighted by Crippen LogP contribution is -2.57. The highest BCUT2D eigenvalue weighted by molar-refractivity contribution is 6.74. The molecule has 7 heteroatoms. The van der Waals surface area contributed by atoms with Crippen molar-refractivity contribution in [2.24, 2.45) is 0 Å². The highest BCUT2D eigenvalue weighted by Gasteiger charge is 2.39. The number of fused-ring (bicyclic) bond motifs is 1. The van der Waals surface area contributed by atoms with Gasteiger partial charge < -0.3 is 13.7 Å². The normalized spacial score (nSPS) is 19.7. The zero-order chi connectivity index (χ0) is 29.9. The second kappa shape index (κ2) is 12.6. The number of piperazine rings is 1. The molecule has 1 aliphatic rings. The van der Waals surface area contributed by atoms with E-state index in [9.17, 15) is 4.79 Å². The first-order chi connectivity index (χ1) is 19.3. The van der Waals surface area contributed by atoms with Gasteiger partial charge in [0.15, 0.2) is 0 Å². The minimum Gasteiger partial charge on any atom is -0.543 e. The summed E-state index contributed by atoms with van der Waals surface area (Å²) in [6.07, 6.45) is 3.99. The molecule has 1 aromatic heterocycles. The third kappa shape index (κ3) is 6.96. The predicted octanol–water partition coefficient (Wildman–Crippen LogP) is 7.26. The Morgan fingerprint density at radius 2 is 1.80 bits per heavy atom. The molecule has 4 rings (SSSR count). The fourth-order valence-corrected chi connectivity index (χ4v) is 6.67. The first-order valence-electron chi connectivity index (χ1n) is 15.0. The molecule has 0 N–H and O–H groups in total. The Morgan fingerprint density at radius 3 is 2.49 bits per heavy atom. The molecule has 0 spiro atoms. The lowest BCUT2D eigenvalue weighted by Gasteiger charge is -2.47. The Hall–Kier alpha value is -2.87. The smallest absolute Gasteiger partial charge is 0.325 e. The lowest BCUT2D eigenvalue weighted by atomic mass is 9.92. The van der Waals surface area contributed by atoms with Gasteiger partial charge in [0.25, 0.3) is 0 Å². The minimum atomic E-state index is -1.99. The van der Waals surface area contributed by atoms with Gasteiger partial charge in [-0.2, -0.15) is 0 Å². The molecule has 41 heavy (non-hydrogen) atoms. The van der Waals surface area contributed by atoms with Crippen molar-refractivity contribution in [1.82, 2.24) is 14.4 Å². The van der Waals surface area contributed by atoms with E-state index in [0.717, 1.165) is 36.3 Å². The molecule has 3 atom stereocenters. The summed E-state index contributed by atoms with van der Waals surface area (Å²) < 4.78 is 13.9. The van der Waals surface area contributed by atoms with Crippen molar-refractivity contribution < 1.29 is 14.0 Å². The third-order valence-corrected chi connectivity index (χ3v) is 13.3. The number of hydrogen-bond donors (Lipinski definition) is 0. The lowest BCUT2D eigenvalue weighted by molar-refractivity contribution is -0.143. The van der Waals surface area contributed by atoms with Crippen molar-refractivity contribution in [1.29, 1.82) is 0 Å². The molecular weight excluding hydrogens is 526 g/mol. The van der Waals surface area contributed by atoms with Gasteiger partial charge in [-0.3, -0.25) is 14.6 Å². The molecule has 2 aromatic carbocycles. The summed E-state index contributed by atoms with van der Waals surface area (Å²) in [6.45, 7) is 25.3. The molecule has 0 aliphatic carbocycles. The van der Waals surface area contributed by atoms with E-state index in [1.807, 2.05) is 23.8 Å². The molecule has 0 unspecified atom stereocenters. The minimum absolute atomic E-state index is 0.0686. The molecule has 6 nitrogen and oxygen atoms in total. The van der Waals surface area contributed by atoms with Gasteiger partial charge in [0, 0.05) is 43.4 Å². The van der Waals surface area contributed by atoms with Crippen molar-refractivity contribution in [3.63, 3.8) is 0 Å². The molecule has 0 radical (unpaired) electrons. The van der Waals surface area contributed by atoms with Gasteiger partial charge in [-0.05, 0) is 85.7 Å². The zero-order valence-corrected chi connectivity index (χ0v) is 27.3. The van der Waals surface area contributed by atoms with Crippen LogP contribution in [0.1, 0.15) is 58.7 Å². The molecule has 0 bridgehead atoms. The largest absolute Gasteiger partial charge is 0.543 e. The summed E-state index contributed by atoms with van der Waals surface area (Å²) in [5, 5.41) is 1.24. The third-order valence-electron chi connectivity index (χ3n) is 8.93. The van der Waals surface area contributed by atoms with E-state index in [2.05, 4.69) is 113 Å². The summed E-state index contributed by atoms with van der Waals surface area (Å²) in [4.78, 5) is 17.3. The number of esters is 1. The Morgan fingerprint density at radius 1 is 1.07 bits per heavy atom. The van der Waals surface area contributed by atoms with Crippen LogP contribution in [0.4, 0.5) is 0 Å². The van der Waals surface area contributed by atoms with E-state index in [1.165, 1.54) is 11.1 Å². The van der Waals surface area contributed by atoms with Crippen molar-refractivity contribution in [2.75, 3.05) is 26.2 Å². The van der Waals surface area contributed by atoms with Crippen LogP contribution in [0, 0.1) is 0 Å². The number of ether oxygens (including phenoxy) is 1. The second-order valence-corrected chi connectivity index (χ2v) is 17.8. The van der Waals surface area contributed by atoms with Crippen molar-refractivity contribution in [2.45, 2.75) is 84.3 Å². The average molecular weight is 576 g/mol. The van der Waals surface area contributed by atoms with Crippen LogP contribution in [0.5, 0.6) is 5.75 Å². The predicted molar refractivity (Wildman–Crippen MR) is 172 cm³/mol. The fraction of sp³-hybridized carbons (Fsp3) is 0.500. The number of nitrogens with zero attached hydrogens (tertiary/aromatic N) is 3. The number of hydrogen-bond acceptors (Lipinski definition) is 5. The van der Waals surface area contributed by atoms with Gasteiger partial charge in [-0.1, -0.05) is 45.0 Å². The summed E-state index contributed by atoms with van der Waals surface area (Å²) in [7, 11) is -1.99. The molecule has 3 aromatic rings. The van der Waals surface area contributed by atoms with Crippen molar-refractivity contribution in [3.05, 3.63) is 78.5 Å². The number of carbonyl (C=O) groups excluding carboxylic acids is 1. The Balaban J connectivity index is 1.75. The van der Waals surface area contributed by atoms with Crippen LogP contribution in [0.2, 0.25) is 18.1 Å². The standard InChI is InChI=1S/C34H49N3O3Si/c1-10-18-35-22-26(4)37(23-25(35)3)33(28-13-12-14-30(21-28)40-41(8,9)34(5,6)7)29-15-16-31-27(20-29)17-19-36(31)24-32(38)39-11-2/h10,12-17,19-21,25-26,33H,1,11,18,22-24H2,2-9H3/t25-,26+,33+/m1/s1. The van der Waals surface area contributed by atoms with E-state index in [0.29, 0.717) is 18.7 Å². The molecule has 222 valence electrons. The van der Waals surface area contributed by atoms with Gasteiger partial charge in [0.05, 0.1) is 12.6 Å². The van der Waals surface area contributed by atoms with Gasteiger partial charge >= 0.3 is 5.97 Å². The Labute approximate surface area is 248 Å². The highest BCUT2D eigenvalue weighted by atomic mass is 28.4. The monoisotopic (exact) mass is 575 g/mol. The van der Waals surface area contributed by atoms with Crippen LogP contribution in [0.25, 0.3) is 10.9 Å². The Kier molecular flexibility index (Phi) is 9.51. The van der Waals surface area contributed by atoms with E-state index in [4.69, 9.17) is 9.16 Å². The summed E-state index contributed by atoms with van der Waals surface area (Å²) in [6, 6.07) is 18.3. The molecule has 0 amide bonds. The Bertz CT molecular complexity index is 1360. The van der Waals surface area contributed by atoms with E-state index < -0.39 is 8.32 Å².